The van der Waals surface area contributed by atoms with E-state index in [0.717, 1.165) is 0 Å². The standard InChI is InChI=1S/F3I2/c1-5(2,3)4/q-1. The zero-order valence-corrected chi connectivity index (χ0v) is 6.20. The van der Waals surface area contributed by atoms with Gasteiger partial charge in [0.1, 0.15) is 0 Å². The van der Waals surface area contributed by atoms with Gasteiger partial charge in [0.25, 0.3) is 0 Å². The van der Waals surface area contributed by atoms with Crippen molar-refractivity contribution in [1.29, 1.82) is 0 Å². The molecule has 0 fully saturated rings. The molecule has 36 valence electrons. The summed E-state index contributed by atoms with van der Waals surface area (Å²) in [5.74, 6) is 0. The van der Waals surface area contributed by atoms with E-state index in [9.17, 15) is 8.58 Å². The van der Waals surface area contributed by atoms with Crippen LogP contribution in [0, 0.1) is 0 Å². The topological polar surface area (TPSA) is 0 Å². The van der Waals surface area contributed by atoms with Crippen molar-refractivity contribution in [3.8, 4) is 0 Å². The van der Waals surface area contributed by atoms with Crippen LogP contribution in [-0.4, -0.2) is 0 Å². The van der Waals surface area contributed by atoms with Gasteiger partial charge < -0.3 is 0 Å². The van der Waals surface area contributed by atoms with Crippen LogP contribution in [0.1, 0.15) is 0 Å². The Bertz CT molecular complexity index is 20.4. The van der Waals surface area contributed by atoms with E-state index in [2.05, 4.69) is 0 Å². The van der Waals surface area contributed by atoms with Gasteiger partial charge in [-0.2, -0.15) is 0 Å². The molecule has 0 unspecified atom stereocenters. The molecule has 0 aliphatic heterocycles. The van der Waals surface area contributed by atoms with Crippen molar-refractivity contribution >= 4 is 18.6 Å². The maximum absolute atomic E-state index is 10.5. The quantitative estimate of drug-likeness (QED) is 0.512. The molecule has 0 nitrogen and oxygen atoms in total. The average molecular weight is 311 g/mol. The fourth-order valence-electron chi connectivity index (χ4n) is 0. The molecule has 5 heteroatoms. The molecule has 0 N–H and O–H groups in total. The summed E-state index contributed by atoms with van der Waals surface area (Å²) in [5.41, 5.74) is 0. The third kappa shape index (κ3) is 35.5. The fourth-order valence-corrected chi connectivity index (χ4v) is 0. The van der Waals surface area contributed by atoms with Crippen molar-refractivity contribution in [2.75, 3.05) is 0 Å². The number of hydrogen-bond donors (Lipinski definition) is 0. The van der Waals surface area contributed by atoms with Crippen LogP contribution in [0.4, 0.5) is 8.58 Å². The maximum atomic E-state index is 10.5. The molecule has 0 aromatic carbocycles. The molecule has 0 aromatic rings. The van der Waals surface area contributed by atoms with Crippen molar-refractivity contribution < 1.29 is 24.8 Å². The van der Waals surface area contributed by atoms with Crippen LogP contribution in [-0.2, 0) is 0 Å². The summed E-state index contributed by atoms with van der Waals surface area (Å²) >= 11 is -4.91. The van der Waals surface area contributed by atoms with Crippen molar-refractivity contribution in [3.05, 3.63) is 0 Å². The summed E-state index contributed by atoms with van der Waals surface area (Å²) in [6, 6.07) is 0. The molecule has 0 saturated carbocycles. The normalized spacial score (nSPS) is 15.2. The molecular formula is F3I2-. The Morgan fingerprint density at radius 3 is 1.20 bits per heavy atom. The SMILES string of the molecule is F[I-](F)(F)I. The molecule has 0 saturated heterocycles. The van der Waals surface area contributed by atoms with Gasteiger partial charge in [-0.3, -0.25) is 0 Å². The van der Waals surface area contributed by atoms with Crippen molar-refractivity contribution in [2.24, 2.45) is 0 Å². The Morgan fingerprint density at radius 2 is 1.20 bits per heavy atom. The third-order valence-corrected chi connectivity index (χ3v) is 0. The van der Waals surface area contributed by atoms with Crippen molar-refractivity contribution in [2.45, 2.75) is 0 Å². The molecule has 0 bridgehead atoms. The van der Waals surface area contributed by atoms with Crippen LogP contribution in [0.5, 0.6) is 0 Å². The van der Waals surface area contributed by atoms with E-state index in [1.807, 2.05) is 0 Å². The minimum atomic E-state index is -5.47. The average Bonchev–Trinajstić information content (AvgIpc) is 0.722. The molecule has 0 aliphatic rings. The van der Waals surface area contributed by atoms with E-state index in [1.165, 1.54) is 0 Å². The van der Waals surface area contributed by atoms with Gasteiger partial charge in [0.2, 0.25) is 0 Å². The summed E-state index contributed by atoms with van der Waals surface area (Å²) < 4.78 is 31.6. The van der Waals surface area contributed by atoms with E-state index in [4.69, 9.17) is 0 Å². The molecule has 0 atom stereocenters. The molecule has 0 aliphatic carbocycles. The molecule has 0 aromatic heterocycles. The van der Waals surface area contributed by atoms with Crippen molar-refractivity contribution in [1.82, 2.24) is 0 Å². The van der Waals surface area contributed by atoms with E-state index in [1.54, 1.807) is 0 Å². The zero-order chi connectivity index (χ0) is 4.50. The molecule has 0 spiro atoms. The summed E-state index contributed by atoms with van der Waals surface area (Å²) in [5, 5.41) is 0. The molecule has 0 radical (unpaired) electrons. The van der Waals surface area contributed by atoms with Crippen LogP contribution >= 0.6 is 18.6 Å². The van der Waals surface area contributed by atoms with Gasteiger partial charge in [-0.1, -0.05) is 0 Å². The molecule has 5 heavy (non-hydrogen) atoms. The summed E-state index contributed by atoms with van der Waals surface area (Å²) in [6.07, 6.45) is 0. The minimum absolute atomic E-state index is 0.558. The van der Waals surface area contributed by atoms with Gasteiger partial charge in [0.15, 0.2) is 0 Å². The second kappa shape index (κ2) is 1.80. The van der Waals surface area contributed by atoms with Crippen LogP contribution in [0.15, 0.2) is 0 Å². The Morgan fingerprint density at radius 1 is 1.20 bits per heavy atom. The number of hydrogen-bond acceptors (Lipinski definition) is 0. The van der Waals surface area contributed by atoms with Gasteiger partial charge >= 0.3 is 43.4 Å². The first kappa shape index (κ1) is 6.25. The molecule has 0 rings (SSSR count). The third-order valence-electron chi connectivity index (χ3n) is 0. The van der Waals surface area contributed by atoms with Gasteiger partial charge in [0, 0.05) is 0 Å². The number of rotatable bonds is 0. The van der Waals surface area contributed by atoms with Crippen LogP contribution in [0.25, 0.3) is 0 Å². The summed E-state index contributed by atoms with van der Waals surface area (Å²) in [4.78, 5) is 0. The molecular weight excluding hydrogens is 311 g/mol. The van der Waals surface area contributed by atoms with Gasteiger partial charge in [-0.15, -0.1) is 0 Å². The first-order valence-electron chi connectivity index (χ1n) is 0.571. The Hall–Kier alpha value is 1.25. The van der Waals surface area contributed by atoms with E-state index in [0.29, 0.717) is 18.6 Å². The Kier molecular flexibility index (Phi) is 2.26. The predicted octanol–water partition coefficient (Wildman–Crippen LogP) is -0.850. The first-order chi connectivity index (χ1) is 2.00. The summed E-state index contributed by atoms with van der Waals surface area (Å²) in [7, 11) is 0. The van der Waals surface area contributed by atoms with Gasteiger partial charge in [-0.05, 0) is 0 Å². The van der Waals surface area contributed by atoms with E-state index >= 15 is 0 Å². The second-order valence-electron chi connectivity index (χ2n) is 0.324. The fraction of sp³-hybridized carbons (Fsp3) is 0. The zero-order valence-electron chi connectivity index (χ0n) is 1.89. The van der Waals surface area contributed by atoms with Crippen molar-refractivity contribution in [3.63, 3.8) is 0 Å². The number of halogens is 5. The molecule has 0 heterocycles. The Balaban J connectivity index is 3.02. The first-order valence-corrected chi connectivity index (χ1v) is 9.30. The monoisotopic (exact) mass is 311 g/mol. The van der Waals surface area contributed by atoms with Crippen LogP contribution < -0.4 is 16.2 Å². The predicted molar refractivity (Wildman–Crippen MR) is 17.3 cm³/mol. The van der Waals surface area contributed by atoms with E-state index in [-0.39, 0.29) is 0 Å². The van der Waals surface area contributed by atoms with Gasteiger partial charge in [0.05, 0.1) is 0 Å². The van der Waals surface area contributed by atoms with Crippen LogP contribution in [0.3, 0.4) is 0 Å². The van der Waals surface area contributed by atoms with Gasteiger partial charge in [-0.25, -0.2) is 0 Å². The Labute approximate surface area is 43.1 Å². The molecule has 0 amide bonds. The second-order valence-corrected chi connectivity index (χ2v) is 8.38. The van der Waals surface area contributed by atoms with E-state index < -0.39 is 16.2 Å². The summed E-state index contributed by atoms with van der Waals surface area (Å²) in [6.45, 7) is 0. The van der Waals surface area contributed by atoms with Crippen LogP contribution in [0.2, 0.25) is 0 Å².